The third-order valence-corrected chi connectivity index (χ3v) is 3.00. The summed E-state index contributed by atoms with van der Waals surface area (Å²) in [7, 11) is 0. The van der Waals surface area contributed by atoms with Gasteiger partial charge < -0.3 is 19.0 Å². The lowest BCUT2D eigenvalue weighted by molar-refractivity contribution is 0.249. The van der Waals surface area contributed by atoms with E-state index in [4.69, 9.17) is 19.0 Å². The molecule has 0 amide bonds. The maximum absolute atomic E-state index is 8.80. The number of aliphatic hydroxyl groups is 1. The van der Waals surface area contributed by atoms with Gasteiger partial charge in [-0.15, -0.1) is 10.2 Å². The monoisotopic (exact) mass is 312 g/mol. The molecule has 118 valence electrons. The number of hydrogen-bond donors (Lipinski definition) is 1. The molecule has 0 radical (unpaired) electrons. The topological polar surface area (TPSA) is 77.6 Å². The van der Waals surface area contributed by atoms with Gasteiger partial charge in [-0.05, 0) is 36.4 Å². The zero-order valence-electron chi connectivity index (χ0n) is 12.4. The Hall–Kier alpha value is -2.86. The molecule has 0 fully saturated rings. The third-order valence-electron chi connectivity index (χ3n) is 3.00. The normalized spacial score (nSPS) is 10.5. The zero-order valence-corrected chi connectivity index (χ0v) is 12.4. The van der Waals surface area contributed by atoms with Crippen LogP contribution in [0.3, 0.4) is 0 Å². The minimum Gasteiger partial charge on any atom is -0.484 e. The van der Waals surface area contributed by atoms with Crippen LogP contribution < -0.4 is 9.47 Å². The first-order valence-electron chi connectivity index (χ1n) is 7.21. The van der Waals surface area contributed by atoms with E-state index in [-0.39, 0.29) is 13.2 Å². The first-order valence-corrected chi connectivity index (χ1v) is 7.21. The summed E-state index contributed by atoms with van der Waals surface area (Å²) in [6.07, 6.45) is 0.346. The first-order chi connectivity index (χ1) is 11.3. The summed E-state index contributed by atoms with van der Waals surface area (Å²) in [6.45, 7) is 0.155. The van der Waals surface area contributed by atoms with Crippen LogP contribution in [0.25, 0.3) is 0 Å². The van der Waals surface area contributed by atoms with E-state index in [9.17, 15) is 0 Å². The summed E-state index contributed by atoms with van der Waals surface area (Å²) in [4.78, 5) is 0. The second kappa shape index (κ2) is 7.42. The van der Waals surface area contributed by atoms with Gasteiger partial charge in [0.05, 0.1) is 6.61 Å². The van der Waals surface area contributed by atoms with E-state index in [1.807, 2.05) is 54.6 Å². The highest BCUT2D eigenvalue weighted by Crippen LogP contribution is 2.23. The smallest absolute Gasteiger partial charge is 0.253 e. The highest BCUT2D eigenvalue weighted by atomic mass is 16.5. The third kappa shape index (κ3) is 4.31. The molecular weight excluding hydrogens is 296 g/mol. The summed E-state index contributed by atoms with van der Waals surface area (Å²) < 4.78 is 16.6. The Bertz CT molecular complexity index is 726. The van der Waals surface area contributed by atoms with Crippen molar-refractivity contribution in [2.75, 3.05) is 6.61 Å². The molecule has 0 saturated carbocycles. The quantitative estimate of drug-likeness (QED) is 0.722. The molecule has 0 bridgehead atoms. The molecule has 23 heavy (non-hydrogen) atoms. The van der Waals surface area contributed by atoms with Crippen LogP contribution in [-0.2, 0) is 13.0 Å². The number of aliphatic hydroxyl groups excluding tert-OH is 1. The fraction of sp³-hybridized carbons (Fsp3) is 0.176. The summed E-state index contributed by atoms with van der Waals surface area (Å²) in [5.74, 6) is 2.96. The first kappa shape index (κ1) is 15.1. The fourth-order valence-electron chi connectivity index (χ4n) is 1.92. The zero-order chi connectivity index (χ0) is 15.9. The van der Waals surface area contributed by atoms with Crippen molar-refractivity contribution in [1.29, 1.82) is 0 Å². The molecule has 0 aliphatic rings. The molecule has 0 saturated heterocycles. The second-order valence-electron chi connectivity index (χ2n) is 4.74. The van der Waals surface area contributed by atoms with Gasteiger partial charge in [-0.25, -0.2) is 0 Å². The van der Waals surface area contributed by atoms with E-state index < -0.39 is 0 Å². The Morgan fingerprint density at radius 3 is 2.22 bits per heavy atom. The molecule has 0 atom stereocenters. The van der Waals surface area contributed by atoms with Crippen LogP contribution in [0.2, 0.25) is 0 Å². The number of rotatable bonds is 7. The second-order valence-corrected chi connectivity index (χ2v) is 4.74. The SMILES string of the molecule is OCCc1nnc(COc2ccc(Oc3ccccc3)cc2)o1. The van der Waals surface area contributed by atoms with Gasteiger partial charge in [0.25, 0.3) is 5.89 Å². The van der Waals surface area contributed by atoms with Gasteiger partial charge in [0.2, 0.25) is 5.89 Å². The molecule has 6 heteroatoms. The fourth-order valence-corrected chi connectivity index (χ4v) is 1.92. The van der Waals surface area contributed by atoms with Gasteiger partial charge in [-0.3, -0.25) is 0 Å². The van der Waals surface area contributed by atoms with Crippen molar-refractivity contribution in [3.63, 3.8) is 0 Å². The lowest BCUT2D eigenvalue weighted by atomic mass is 10.3. The average molecular weight is 312 g/mol. The van der Waals surface area contributed by atoms with Gasteiger partial charge in [0.1, 0.15) is 17.2 Å². The highest BCUT2D eigenvalue weighted by Gasteiger charge is 2.06. The van der Waals surface area contributed by atoms with E-state index in [1.165, 1.54) is 0 Å². The molecule has 1 aromatic heterocycles. The van der Waals surface area contributed by atoms with Crippen molar-refractivity contribution < 1.29 is 19.0 Å². The molecule has 3 aromatic rings. The molecule has 0 spiro atoms. The summed E-state index contributed by atoms with van der Waals surface area (Å²) >= 11 is 0. The molecule has 0 unspecified atom stereocenters. The Balaban J connectivity index is 1.54. The van der Waals surface area contributed by atoms with E-state index in [0.29, 0.717) is 24.0 Å². The Morgan fingerprint density at radius 2 is 1.48 bits per heavy atom. The number of nitrogens with zero attached hydrogens (tertiary/aromatic N) is 2. The van der Waals surface area contributed by atoms with Crippen LogP contribution >= 0.6 is 0 Å². The minimum atomic E-state index is -0.0225. The molecule has 3 rings (SSSR count). The molecule has 1 N–H and O–H groups in total. The van der Waals surface area contributed by atoms with Crippen molar-refractivity contribution in [1.82, 2.24) is 10.2 Å². The van der Waals surface area contributed by atoms with Gasteiger partial charge in [0, 0.05) is 6.42 Å². The van der Waals surface area contributed by atoms with Crippen LogP contribution in [0.4, 0.5) is 0 Å². The standard InChI is InChI=1S/C17H16N2O4/c20-11-10-16-18-19-17(23-16)12-21-13-6-8-15(9-7-13)22-14-4-2-1-3-5-14/h1-9,20H,10-12H2. The number of para-hydroxylation sites is 1. The molecule has 6 nitrogen and oxygen atoms in total. The Morgan fingerprint density at radius 1 is 0.826 bits per heavy atom. The number of hydrogen-bond acceptors (Lipinski definition) is 6. The molecule has 0 aliphatic heterocycles. The van der Waals surface area contributed by atoms with Crippen LogP contribution in [0.15, 0.2) is 59.0 Å². The molecule has 0 aliphatic carbocycles. The number of aromatic nitrogens is 2. The van der Waals surface area contributed by atoms with Gasteiger partial charge in [-0.2, -0.15) is 0 Å². The van der Waals surface area contributed by atoms with Crippen molar-refractivity contribution in [3.05, 3.63) is 66.4 Å². The van der Waals surface area contributed by atoms with E-state index in [2.05, 4.69) is 10.2 Å². The van der Waals surface area contributed by atoms with Crippen molar-refractivity contribution in [3.8, 4) is 17.2 Å². The predicted molar refractivity (Wildman–Crippen MR) is 82.4 cm³/mol. The number of ether oxygens (including phenoxy) is 2. The van der Waals surface area contributed by atoms with Crippen LogP contribution in [0.5, 0.6) is 17.2 Å². The lowest BCUT2D eigenvalue weighted by Gasteiger charge is -2.07. The van der Waals surface area contributed by atoms with Crippen molar-refractivity contribution >= 4 is 0 Å². The highest BCUT2D eigenvalue weighted by molar-refractivity contribution is 5.35. The summed E-state index contributed by atoms with van der Waals surface area (Å²) in [5.41, 5.74) is 0. The maximum Gasteiger partial charge on any atom is 0.253 e. The largest absolute Gasteiger partial charge is 0.484 e. The molecule has 2 aromatic carbocycles. The van der Waals surface area contributed by atoms with Crippen molar-refractivity contribution in [2.45, 2.75) is 13.0 Å². The number of benzene rings is 2. The van der Waals surface area contributed by atoms with Gasteiger partial charge in [0.15, 0.2) is 6.61 Å². The molecular formula is C17H16N2O4. The summed E-state index contributed by atoms with van der Waals surface area (Å²) in [5, 5.41) is 16.4. The van der Waals surface area contributed by atoms with Crippen LogP contribution in [-0.4, -0.2) is 21.9 Å². The van der Waals surface area contributed by atoms with Crippen LogP contribution in [0.1, 0.15) is 11.8 Å². The maximum atomic E-state index is 8.80. The van der Waals surface area contributed by atoms with E-state index in [0.717, 1.165) is 11.5 Å². The summed E-state index contributed by atoms with van der Waals surface area (Å²) in [6, 6.07) is 16.8. The van der Waals surface area contributed by atoms with Gasteiger partial charge >= 0.3 is 0 Å². The van der Waals surface area contributed by atoms with Gasteiger partial charge in [-0.1, -0.05) is 18.2 Å². The average Bonchev–Trinajstić information content (AvgIpc) is 3.03. The minimum absolute atomic E-state index is 0.0225. The predicted octanol–water partition coefficient (Wildman–Crippen LogP) is 2.98. The Labute approximate surface area is 133 Å². The van der Waals surface area contributed by atoms with Crippen molar-refractivity contribution in [2.24, 2.45) is 0 Å². The molecule has 1 heterocycles. The van der Waals surface area contributed by atoms with E-state index >= 15 is 0 Å². The van der Waals surface area contributed by atoms with E-state index in [1.54, 1.807) is 0 Å². The lowest BCUT2D eigenvalue weighted by Crippen LogP contribution is -1.95. The Kier molecular flexibility index (Phi) is 4.85. The van der Waals surface area contributed by atoms with Crippen LogP contribution in [0, 0.1) is 0 Å².